The van der Waals surface area contributed by atoms with Crippen molar-refractivity contribution < 1.29 is 24.5 Å². The number of hydrogen-bond donors (Lipinski definition) is 3. The molecule has 4 N–H and O–H groups in total. The molecule has 1 aliphatic heterocycles. The van der Waals surface area contributed by atoms with Crippen LogP contribution in [0, 0.1) is 28.6 Å². The lowest BCUT2D eigenvalue weighted by atomic mass is 9.73. The van der Waals surface area contributed by atoms with Gasteiger partial charge in [0.1, 0.15) is 16.9 Å². The van der Waals surface area contributed by atoms with Crippen molar-refractivity contribution in [1.82, 2.24) is 4.98 Å². The van der Waals surface area contributed by atoms with Crippen LogP contribution in [0.2, 0.25) is 0 Å². The molecule has 8 heteroatoms. The van der Waals surface area contributed by atoms with Gasteiger partial charge >= 0.3 is 5.97 Å². The number of nitrogens with two attached hydrogens (primary N) is 1. The van der Waals surface area contributed by atoms with E-state index in [1.807, 2.05) is 25.1 Å². The van der Waals surface area contributed by atoms with Gasteiger partial charge in [-0.1, -0.05) is 47.1 Å². The van der Waals surface area contributed by atoms with Crippen LogP contribution in [0.4, 0.5) is 0 Å². The van der Waals surface area contributed by atoms with E-state index in [4.69, 9.17) is 10.5 Å². The molecule has 2 fully saturated rings. The molecule has 1 saturated carbocycles. The molecule has 1 aromatic heterocycles. The summed E-state index contributed by atoms with van der Waals surface area (Å²) in [6.07, 6.45) is 1.87. The van der Waals surface area contributed by atoms with Crippen molar-refractivity contribution >= 4 is 33.3 Å². The maximum Gasteiger partial charge on any atom is 0.309 e. The van der Waals surface area contributed by atoms with Crippen LogP contribution in [-0.4, -0.2) is 39.2 Å². The van der Waals surface area contributed by atoms with Crippen molar-refractivity contribution in [3.05, 3.63) is 28.8 Å². The smallest absolute Gasteiger partial charge is 0.309 e. The maximum absolute atomic E-state index is 13.3. The Morgan fingerprint density at radius 1 is 1.19 bits per heavy atom. The molecule has 0 amide bonds. The van der Waals surface area contributed by atoms with Crippen LogP contribution in [0.25, 0.3) is 10.2 Å². The van der Waals surface area contributed by atoms with Crippen molar-refractivity contribution in [2.24, 2.45) is 34.3 Å². The van der Waals surface area contributed by atoms with Gasteiger partial charge in [-0.05, 0) is 60.6 Å². The molecule has 0 bridgehead atoms. The van der Waals surface area contributed by atoms with Crippen LogP contribution in [0.5, 0.6) is 0 Å². The van der Waals surface area contributed by atoms with Gasteiger partial charge in [-0.2, -0.15) is 0 Å². The van der Waals surface area contributed by atoms with Crippen molar-refractivity contribution in [3.63, 3.8) is 0 Å². The highest BCUT2D eigenvalue weighted by Gasteiger charge is 2.50. The number of Topliss-reactive ketones (excluding diaryl/α,β-unsaturated/α-hetero) is 1. The standard InChI is InChI=1S/C29H42N2O5S/c1-16-7-6-10-29(5)14-19(29)12-21(18-8-9-22-20(11-18)31-24(15-30)37-22)36-25(33)13-23(32)28(3,4)27(35)17(2)26(16)34/h8-9,11,16-17,19,21,23,26,32,34H,6-7,10,12-15,30H2,1-5H3/t16-,17+,19+,21-,23-,26-,29-/m0/s1. The van der Waals surface area contributed by atoms with Crippen molar-refractivity contribution in [3.8, 4) is 0 Å². The summed E-state index contributed by atoms with van der Waals surface area (Å²) >= 11 is 1.56. The van der Waals surface area contributed by atoms with E-state index in [1.54, 1.807) is 32.1 Å². The number of nitrogens with zero attached hydrogens (tertiary/aromatic N) is 1. The number of aromatic nitrogens is 1. The molecule has 37 heavy (non-hydrogen) atoms. The van der Waals surface area contributed by atoms with Gasteiger partial charge in [-0.15, -0.1) is 11.3 Å². The Labute approximate surface area is 223 Å². The minimum Gasteiger partial charge on any atom is -0.457 e. The number of aliphatic hydroxyl groups excluding tert-OH is 2. The fourth-order valence-electron chi connectivity index (χ4n) is 5.99. The maximum atomic E-state index is 13.3. The second-order valence-electron chi connectivity index (χ2n) is 12.3. The predicted octanol–water partition coefficient (Wildman–Crippen LogP) is 4.92. The predicted molar refractivity (Wildman–Crippen MR) is 145 cm³/mol. The fraction of sp³-hybridized carbons (Fsp3) is 0.690. The molecule has 204 valence electrons. The topological polar surface area (TPSA) is 123 Å². The Balaban J connectivity index is 1.62. The molecule has 7 atom stereocenters. The largest absolute Gasteiger partial charge is 0.457 e. The molecule has 2 heterocycles. The highest BCUT2D eigenvalue weighted by molar-refractivity contribution is 7.18. The van der Waals surface area contributed by atoms with Gasteiger partial charge in [0.2, 0.25) is 0 Å². The molecule has 2 aromatic rings. The lowest BCUT2D eigenvalue weighted by Crippen LogP contribution is -2.45. The zero-order valence-corrected chi connectivity index (χ0v) is 23.5. The van der Waals surface area contributed by atoms with Gasteiger partial charge in [0, 0.05) is 12.5 Å². The van der Waals surface area contributed by atoms with E-state index >= 15 is 0 Å². The van der Waals surface area contributed by atoms with Gasteiger partial charge in [-0.3, -0.25) is 9.59 Å². The normalized spacial score (nSPS) is 35.7. The van der Waals surface area contributed by atoms with Crippen LogP contribution in [-0.2, 0) is 20.9 Å². The van der Waals surface area contributed by atoms with E-state index in [9.17, 15) is 19.8 Å². The van der Waals surface area contributed by atoms with E-state index in [-0.39, 0.29) is 23.5 Å². The number of carbonyl (C=O) groups excluding carboxylic acids is 2. The van der Waals surface area contributed by atoms with Crippen molar-refractivity contribution in [2.45, 2.75) is 98.0 Å². The average molecular weight is 531 g/mol. The van der Waals surface area contributed by atoms with Crippen molar-refractivity contribution in [1.29, 1.82) is 0 Å². The highest BCUT2D eigenvalue weighted by Crippen LogP contribution is 2.59. The molecule has 4 rings (SSSR count). The third kappa shape index (κ3) is 5.92. The molecule has 1 aliphatic carbocycles. The van der Waals surface area contributed by atoms with Gasteiger partial charge in [0.15, 0.2) is 0 Å². The number of hydrogen-bond acceptors (Lipinski definition) is 8. The third-order valence-corrected chi connectivity index (χ3v) is 10.1. The van der Waals surface area contributed by atoms with Gasteiger partial charge in [-0.25, -0.2) is 4.98 Å². The van der Waals surface area contributed by atoms with Gasteiger partial charge in [0.25, 0.3) is 0 Å². The second kappa shape index (κ2) is 10.7. The summed E-state index contributed by atoms with van der Waals surface area (Å²) in [6.45, 7) is 9.67. The van der Waals surface area contributed by atoms with E-state index in [2.05, 4.69) is 11.9 Å². The molecule has 7 nitrogen and oxygen atoms in total. The summed E-state index contributed by atoms with van der Waals surface area (Å²) in [5, 5.41) is 22.7. The lowest BCUT2D eigenvalue weighted by Gasteiger charge is -2.34. The molecule has 1 aromatic carbocycles. The number of cyclic esters (lactones) is 1. The molecule has 0 spiro atoms. The molecule has 2 aliphatic rings. The lowest BCUT2D eigenvalue weighted by molar-refractivity contribution is -0.156. The van der Waals surface area contributed by atoms with Gasteiger partial charge < -0.3 is 20.7 Å². The number of benzene rings is 1. The first-order valence-corrected chi connectivity index (χ1v) is 14.4. The van der Waals surface area contributed by atoms with Gasteiger partial charge in [0.05, 0.1) is 34.3 Å². The number of carbonyl (C=O) groups is 2. The quantitative estimate of drug-likeness (QED) is 0.471. The van der Waals surface area contributed by atoms with Crippen LogP contribution < -0.4 is 5.73 Å². The summed E-state index contributed by atoms with van der Waals surface area (Å²) < 4.78 is 7.06. The first-order valence-electron chi connectivity index (χ1n) is 13.5. The van der Waals surface area contributed by atoms with Crippen LogP contribution in [0.1, 0.15) is 89.8 Å². The van der Waals surface area contributed by atoms with E-state index < -0.39 is 35.6 Å². The van der Waals surface area contributed by atoms with Crippen LogP contribution in [0.3, 0.4) is 0 Å². The number of rotatable bonds is 2. The minimum atomic E-state index is -1.22. The van der Waals surface area contributed by atoms with Crippen molar-refractivity contribution in [2.75, 3.05) is 0 Å². The first kappa shape index (κ1) is 28.1. The first-order chi connectivity index (χ1) is 17.4. The van der Waals surface area contributed by atoms with Crippen LogP contribution in [0.15, 0.2) is 18.2 Å². The summed E-state index contributed by atoms with van der Waals surface area (Å²) in [7, 11) is 0. The number of ether oxygens (including phenoxy) is 1. The minimum absolute atomic E-state index is 0.0263. The number of thiazole rings is 1. The molecular weight excluding hydrogens is 488 g/mol. The summed E-state index contributed by atoms with van der Waals surface area (Å²) in [5.74, 6) is -1.01. The number of ketones is 1. The summed E-state index contributed by atoms with van der Waals surface area (Å²) in [4.78, 5) is 31.0. The zero-order valence-electron chi connectivity index (χ0n) is 22.7. The SMILES string of the molecule is C[C@H]1CCC[C@@]2(C)C[C@H]2C[C@@H](c2ccc3sc(CN)nc3c2)OC(=O)C[C@H](O)C(C)(C)C(=O)[C@H](C)[C@H]1O. The molecule has 1 saturated heterocycles. The zero-order chi connectivity index (χ0) is 27.1. The Morgan fingerprint density at radius 3 is 2.62 bits per heavy atom. The fourth-order valence-corrected chi connectivity index (χ4v) is 6.81. The van der Waals surface area contributed by atoms with Crippen LogP contribution >= 0.6 is 11.3 Å². The Bertz CT molecular complexity index is 1150. The Kier molecular flexibility index (Phi) is 8.15. The number of fused-ring (bicyclic) bond motifs is 2. The summed E-state index contributed by atoms with van der Waals surface area (Å²) in [6, 6.07) is 5.98. The number of aliphatic hydroxyl groups is 2. The highest BCUT2D eigenvalue weighted by atomic mass is 32.1. The monoisotopic (exact) mass is 530 g/mol. The van der Waals surface area contributed by atoms with E-state index in [0.29, 0.717) is 18.9 Å². The molecule has 0 radical (unpaired) electrons. The number of esters is 1. The Hall–Kier alpha value is -1.87. The second-order valence-corrected chi connectivity index (χ2v) is 13.4. The Morgan fingerprint density at radius 2 is 1.92 bits per heavy atom. The van der Waals surface area contributed by atoms with E-state index in [0.717, 1.165) is 46.5 Å². The average Bonchev–Trinajstić information content (AvgIpc) is 3.29. The van der Waals surface area contributed by atoms with E-state index in [1.165, 1.54) is 0 Å². The third-order valence-electron chi connectivity index (χ3n) is 9.06. The summed E-state index contributed by atoms with van der Waals surface area (Å²) in [5.41, 5.74) is 6.49. The molecule has 0 unspecified atom stereocenters. The molecular formula is C29H42N2O5S.